The summed E-state index contributed by atoms with van der Waals surface area (Å²) in [4.78, 5) is 9.20. The average molecular weight is 1450 g/mol. The van der Waals surface area contributed by atoms with Crippen molar-refractivity contribution in [2.45, 2.75) is 264 Å². The second-order valence-corrected chi connectivity index (χ2v) is 35.0. The molecule has 2 fully saturated rings. The van der Waals surface area contributed by atoms with Crippen molar-refractivity contribution in [3.63, 3.8) is 0 Å². The van der Waals surface area contributed by atoms with Crippen LogP contribution in [0.15, 0.2) is 72.8 Å². The summed E-state index contributed by atoms with van der Waals surface area (Å²) in [6, 6.07) is 25.2. The zero-order valence-corrected chi connectivity index (χ0v) is 71.5. The van der Waals surface area contributed by atoms with Gasteiger partial charge in [0.2, 0.25) is 0 Å². The molecule has 0 atom stereocenters. The molecule has 0 unspecified atom stereocenters. The first-order valence-corrected chi connectivity index (χ1v) is 36.3. The van der Waals surface area contributed by atoms with Crippen LogP contribution in [0, 0.1) is 41.5 Å². The first-order chi connectivity index (χ1) is 45.5. The van der Waals surface area contributed by atoms with Gasteiger partial charge in [0.15, 0.2) is 0 Å². The standard InChI is InChI=1S/2C39H56N2O3.2C4H8O.Na.Y/c2*1-25-15-28(34(42)31(18-25)37(4,5)6)21-40(22-29-16-26(2)19-32(35(29)43)38(7,8)9)13-14-41-23-30-17-27(3)20-33(39(10,11)12)36(30)44-24-41;2*1-2-4-5-3-1;;/h2*15-20,42-43H,13-14,21-24H2,1-12H3;2*1-4H2;;/q;;;;+1;+3/p-4. The number of hydrogen-bond donors (Lipinski definition) is 0. The summed E-state index contributed by atoms with van der Waals surface area (Å²) in [6.45, 7) is 62.6. The SMILES string of the molecule is C1CCOC1.C1CCOC1.Cc1cc(CN(CCN2COc3c(cc(C)cc3C(C)(C)C)C2)Cc2cc(C)cc(C(C)(C)C)c2[O-])c([O-])c(C(C)(C)C)c1.Cc1cc(CN(CCN2COc3c(cc(C)cc3C(C)(C)C)C2)Cc2cc(C)cc(C(C)(C)C)c2[O-])c([O-])c(C(C)(C)C)c1.[Na+].[Y+3]. The van der Waals surface area contributed by atoms with Crippen molar-refractivity contribution in [1.82, 2.24) is 19.6 Å². The predicted octanol–water partition coefficient (Wildman–Crippen LogP) is 13.6. The van der Waals surface area contributed by atoms with E-state index in [1.165, 1.54) is 59.1 Å². The van der Waals surface area contributed by atoms with Crippen molar-refractivity contribution in [2.75, 3.05) is 66.1 Å². The molecule has 100 heavy (non-hydrogen) atoms. The van der Waals surface area contributed by atoms with Crippen LogP contribution in [0.1, 0.15) is 250 Å². The summed E-state index contributed by atoms with van der Waals surface area (Å²) >= 11 is 0. The number of rotatable bonds is 14. The van der Waals surface area contributed by atoms with Crippen LogP contribution in [0.3, 0.4) is 0 Å². The zero-order chi connectivity index (χ0) is 72.6. The van der Waals surface area contributed by atoms with Crippen molar-refractivity contribution < 1.29 is 102 Å². The number of ether oxygens (including phenoxy) is 4. The predicted molar refractivity (Wildman–Crippen MR) is 397 cm³/mol. The topological polar surface area (TPSA) is 142 Å². The summed E-state index contributed by atoms with van der Waals surface area (Å²) in [5, 5.41) is 54.9. The Morgan fingerprint density at radius 1 is 0.340 bits per heavy atom. The molecule has 4 aliphatic heterocycles. The molecule has 0 radical (unpaired) electrons. The maximum atomic E-state index is 13.7. The van der Waals surface area contributed by atoms with Gasteiger partial charge in [-0.1, -0.05) is 231 Å². The molecule has 0 spiro atoms. The monoisotopic (exact) mass is 1450 g/mol. The second kappa shape index (κ2) is 36.3. The second-order valence-electron chi connectivity index (χ2n) is 35.0. The van der Waals surface area contributed by atoms with Gasteiger partial charge in [-0.25, -0.2) is 0 Å². The van der Waals surface area contributed by atoms with Crippen LogP contribution in [-0.2, 0) is 114 Å². The van der Waals surface area contributed by atoms with Crippen molar-refractivity contribution >= 4 is 0 Å². The van der Waals surface area contributed by atoms with Crippen molar-refractivity contribution in [3.05, 3.63) is 173 Å². The van der Waals surface area contributed by atoms with E-state index in [0.29, 0.717) is 52.7 Å². The molecule has 540 valence electrons. The van der Waals surface area contributed by atoms with Crippen molar-refractivity contribution in [2.24, 2.45) is 0 Å². The van der Waals surface area contributed by atoms with E-state index in [1.807, 2.05) is 48.5 Å². The fraction of sp³-hybridized carbons (Fsp3) is 0.581. The van der Waals surface area contributed by atoms with Crippen LogP contribution in [-0.4, -0.2) is 85.7 Å². The largest absolute Gasteiger partial charge is 3.00 e. The van der Waals surface area contributed by atoms with Gasteiger partial charge in [0.25, 0.3) is 0 Å². The molecule has 0 saturated carbocycles. The van der Waals surface area contributed by atoms with Crippen LogP contribution >= 0.6 is 0 Å². The fourth-order valence-electron chi connectivity index (χ4n) is 13.6. The number of nitrogens with zero attached hydrogens (tertiary/aromatic N) is 4. The fourth-order valence-corrected chi connectivity index (χ4v) is 13.6. The van der Waals surface area contributed by atoms with Crippen LogP contribution in [0.2, 0.25) is 0 Å². The molecule has 0 amide bonds. The Bertz CT molecular complexity index is 3270. The molecule has 0 bridgehead atoms. The number of fused-ring (bicyclic) bond motifs is 2. The molecule has 6 aromatic carbocycles. The van der Waals surface area contributed by atoms with E-state index in [1.54, 1.807) is 0 Å². The minimum absolute atomic E-state index is 0. The first-order valence-electron chi connectivity index (χ1n) is 36.3. The van der Waals surface area contributed by atoms with Gasteiger partial charge in [0.05, 0.1) is 0 Å². The van der Waals surface area contributed by atoms with E-state index in [-0.39, 0.29) is 118 Å². The van der Waals surface area contributed by atoms with E-state index < -0.39 is 0 Å². The van der Waals surface area contributed by atoms with Gasteiger partial charge in [0.1, 0.15) is 25.0 Å². The first kappa shape index (κ1) is 86.6. The molecular weight excluding hydrogens is 1330 g/mol. The third-order valence-corrected chi connectivity index (χ3v) is 19.0. The van der Waals surface area contributed by atoms with Crippen LogP contribution < -0.4 is 59.5 Å². The third kappa shape index (κ3) is 24.5. The molecule has 12 nitrogen and oxygen atoms in total. The Labute approximate surface area is 652 Å². The molecule has 2 saturated heterocycles. The minimum atomic E-state index is -0.244. The quantitative estimate of drug-likeness (QED) is 0.0958. The van der Waals surface area contributed by atoms with Gasteiger partial charge in [-0.2, -0.15) is 0 Å². The Morgan fingerprint density at radius 2 is 0.560 bits per heavy atom. The Kier molecular flexibility index (Phi) is 31.5. The molecular formula is C86H124N4NaO8Y. The zero-order valence-electron chi connectivity index (χ0n) is 66.7. The van der Waals surface area contributed by atoms with Gasteiger partial charge < -0.3 is 39.4 Å². The van der Waals surface area contributed by atoms with E-state index in [9.17, 15) is 20.4 Å². The molecule has 4 aliphatic rings. The van der Waals surface area contributed by atoms with Crippen LogP contribution in [0.4, 0.5) is 0 Å². The molecule has 4 heterocycles. The smallest absolute Gasteiger partial charge is 0.872 e. The number of aryl methyl sites for hydroxylation is 6. The van der Waals surface area contributed by atoms with Crippen LogP contribution in [0.25, 0.3) is 0 Å². The summed E-state index contributed by atoms with van der Waals surface area (Å²) in [6.07, 6.45) is 5.11. The van der Waals surface area contributed by atoms with Gasteiger partial charge in [-0.15, -0.1) is 23.0 Å². The molecule has 0 aromatic heterocycles. The minimum Gasteiger partial charge on any atom is -0.872 e. The van der Waals surface area contributed by atoms with Gasteiger partial charge >= 0.3 is 62.3 Å². The van der Waals surface area contributed by atoms with E-state index in [0.717, 1.165) is 131 Å². The summed E-state index contributed by atoms with van der Waals surface area (Å²) in [7, 11) is 0. The Balaban J connectivity index is 0.000000309. The van der Waals surface area contributed by atoms with E-state index >= 15 is 0 Å². The average Bonchev–Trinajstić information content (AvgIpc) is 0.932. The summed E-state index contributed by atoms with van der Waals surface area (Å²) in [5.74, 6) is 2.47. The van der Waals surface area contributed by atoms with Gasteiger partial charge in [-0.3, -0.25) is 19.6 Å². The molecule has 14 heteroatoms. The number of benzene rings is 6. The molecule has 0 N–H and O–H groups in total. The Morgan fingerprint density at radius 3 is 0.770 bits per heavy atom. The van der Waals surface area contributed by atoms with Gasteiger partial charge in [0, 0.05) is 114 Å². The third-order valence-electron chi connectivity index (χ3n) is 19.0. The Hall–Kier alpha value is -4.02. The van der Waals surface area contributed by atoms with E-state index in [2.05, 4.69) is 210 Å². The van der Waals surface area contributed by atoms with Crippen molar-refractivity contribution in [1.29, 1.82) is 0 Å². The van der Waals surface area contributed by atoms with Crippen molar-refractivity contribution in [3.8, 4) is 34.5 Å². The molecule has 0 aliphatic carbocycles. The molecule has 10 rings (SSSR count). The maximum absolute atomic E-state index is 13.7. The summed E-state index contributed by atoms with van der Waals surface area (Å²) in [5.41, 5.74) is 17.3. The normalized spacial score (nSPS) is 15.2. The maximum Gasteiger partial charge on any atom is 3.00 e. The number of hydrogen-bond acceptors (Lipinski definition) is 12. The van der Waals surface area contributed by atoms with E-state index in [4.69, 9.17) is 18.9 Å². The molecule has 6 aromatic rings. The van der Waals surface area contributed by atoms with Crippen LogP contribution in [0.5, 0.6) is 34.5 Å². The summed E-state index contributed by atoms with van der Waals surface area (Å²) < 4.78 is 22.7. The van der Waals surface area contributed by atoms with Gasteiger partial charge in [-0.05, 0) is 144 Å².